The molecule has 2 aliphatic heterocycles. The van der Waals surface area contributed by atoms with Crippen LogP contribution in [0.25, 0.3) is 0 Å². The van der Waals surface area contributed by atoms with Crippen molar-refractivity contribution in [3.05, 3.63) is 60.8 Å². The quantitative estimate of drug-likeness (QED) is 0.0204. The Morgan fingerprint density at radius 1 is 0.407 bits per heavy atom. The second kappa shape index (κ2) is 61.3. The molecule has 14 nitrogen and oxygen atoms in total. The zero-order valence-corrected chi connectivity index (χ0v) is 58.1. The number of aliphatic hydroxyl groups excluding tert-OH is 8. The summed E-state index contributed by atoms with van der Waals surface area (Å²) < 4.78 is 23.0. The van der Waals surface area contributed by atoms with Crippen molar-refractivity contribution in [2.45, 2.75) is 402 Å². The van der Waals surface area contributed by atoms with Gasteiger partial charge < -0.3 is 65.1 Å². The number of carbonyl (C=O) groups is 1. The summed E-state index contributed by atoms with van der Waals surface area (Å²) in [5.74, 6) is -0.201. The molecule has 0 radical (unpaired) electrons. The maximum atomic E-state index is 13.4. The molecule has 2 heterocycles. The fourth-order valence-electron chi connectivity index (χ4n) is 12.5. The van der Waals surface area contributed by atoms with Crippen LogP contribution < -0.4 is 5.32 Å². The molecule has 0 aromatic heterocycles. The molecule has 1 amide bonds. The predicted molar refractivity (Wildman–Crippen MR) is 374 cm³/mol. The van der Waals surface area contributed by atoms with Gasteiger partial charge in [-0.1, -0.05) is 325 Å². The van der Waals surface area contributed by atoms with E-state index < -0.39 is 86.8 Å². The normalized spacial score (nSPS) is 23.1. The number of nitrogens with one attached hydrogen (secondary N) is 1. The highest BCUT2D eigenvalue weighted by Crippen LogP contribution is 2.30. The van der Waals surface area contributed by atoms with E-state index in [1.807, 2.05) is 0 Å². The van der Waals surface area contributed by atoms with Gasteiger partial charge in [0.25, 0.3) is 0 Å². The van der Waals surface area contributed by atoms with Crippen LogP contribution in [0, 0.1) is 0 Å². The van der Waals surface area contributed by atoms with Gasteiger partial charge in [-0.05, 0) is 57.8 Å². The Morgan fingerprint density at radius 3 is 1.16 bits per heavy atom. The number of allylic oxidation sites excluding steroid dienone is 10. The van der Waals surface area contributed by atoms with Crippen LogP contribution in [0.2, 0.25) is 0 Å². The van der Waals surface area contributed by atoms with Crippen LogP contribution in [-0.4, -0.2) is 140 Å². The monoisotopic (exact) mass is 1290 g/mol. The summed E-state index contributed by atoms with van der Waals surface area (Å²) in [7, 11) is 0. The van der Waals surface area contributed by atoms with E-state index in [9.17, 15) is 45.6 Å². The van der Waals surface area contributed by atoms with Crippen molar-refractivity contribution in [1.29, 1.82) is 0 Å². The lowest BCUT2D eigenvalue weighted by Crippen LogP contribution is -2.65. The van der Waals surface area contributed by atoms with E-state index >= 15 is 0 Å². The van der Waals surface area contributed by atoms with Crippen molar-refractivity contribution in [2.75, 3.05) is 19.8 Å². The van der Waals surface area contributed by atoms with Gasteiger partial charge in [0.15, 0.2) is 12.6 Å². The molecular weight excluding hydrogens is 1150 g/mol. The average Bonchev–Trinajstić information content (AvgIpc) is 0.888. The average molecular weight is 1290 g/mol. The van der Waals surface area contributed by atoms with Gasteiger partial charge in [-0.3, -0.25) is 4.79 Å². The topological polar surface area (TPSA) is 228 Å². The first kappa shape index (κ1) is 84.8. The highest BCUT2D eigenvalue weighted by Gasteiger charge is 2.51. The van der Waals surface area contributed by atoms with E-state index in [-0.39, 0.29) is 12.5 Å². The highest BCUT2D eigenvalue weighted by molar-refractivity contribution is 5.76. The van der Waals surface area contributed by atoms with Crippen LogP contribution >= 0.6 is 0 Å². The van der Waals surface area contributed by atoms with E-state index in [1.165, 1.54) is 218 Å². The van der Waals surface area contributed by atoms with Gasteiger partial charge in [-0.15, -0.1) is 0 Å². The number of unbranched alkanes of at least 4 members (excludes halogenated alkanes) is 40. The van der Waals surface area contributed by atoms with Gasteiger partial charge in [0, 0.05) is 6.42 Å². The van der Waals surface area contributed by atoms with Crippen molar-refractivity contribution in [3.8, 4) is 0 Å². The van der Waals surface area contributed by atoms with Crippen molar-refractivity contribution in [1.82, 2.24) is 5.32 Å². The van der Waals surface area contributed by atoms with E-state index in [0.29, 0.717) is 12.8 Å². The van der Waals surface area contributed by atoms with Gasteiger partial charge in [-0.2, -0.15) is 0 Å². The Hall–Kier alpha value is -2.31. The molecule has 0 spiro atoms. The molecule has 12 atom stereocenters. The van der Waals surface area contributed by atoms with Crippen LogP contribution in [0.15, 0.2) is 60.8 Å². The first-order chi connectivity index (χ1) is 44.6. The molecule has 0 aromatic carbocycles. The zero-order chi connectivity index (χ0) is 65.9. The molecule has 2 fully saturated rings. The van der Waals surface area contributed by atoms with Gasteiger partial charge in [0.05, 0.1) is 32.0 Å². The van der Waals surface area contributed by atoms with Crippen LogP contribution in [0.1, 0.15) is 328 Å². The smallest absolute Gasteiger partial charge is 0.220 e. The summed E-state index contributed by atoms with van der Waals surface area (Å²) in [6, 6.07) is -0.830. The summed E-state index contributed by atoms with van der Waals surface area (Å²) >= 11 is 0. The number of amides is 1. The minimum absolute atomic E-state index is 0.201. The summed E-state index contributed by atoms with van der Waals surface area (Å²) in [5, 5.41) is 87.8. The molecule has 2 rings (SSSR count). The third kappa shape index (κ3) is 44.9. The van der Waals surface area contributed by atoms with Crippen LogP contribution in [0.4, 0.5) is 0 Å². The Bertz CT molecular complexity index is 1760. The number of aliphatic hydroxyl groups is 8. The second-order valence-corrected chi connectivity index (χ2v) is 26.8. The van der Waals surface area contributed by atoms with Crippen molar-refractivity contribution in [3.63, 3.8) is 0 Å². The minimum Gasteiger partial charge on any atom is -0.394 e. The molecule has 2 aliphatic rings. The van der Waals surface area contributed by atoms with Gasteiger partial charge in [0.2, 0.25) is 5.91 Å². The van der Waals surface area contributed by atoms with Crippen molar-refractivity contribution >= 4 is 5.91 Å². The third-order valence-electron chi connectivity index (χ3n) is 18.5. The Morgan fingerprint density at radius 2 is 0.758 bits per heavy atom. The summed E-state index contributed by atoms with van der Waals surface area (Å²) in [6.07, 6.45) is 65.3. The Balaban J connectivity index is 1.61. The Labute approximate surface area is 556 Å². The van der Waals surface area contributed by atoms with Crippen molar-refractivity contribution in [2.24, 2.45) is 0 Å². The lowest BCUT2D eigenvalue weighted by Gasteiger charge is -2.46. The fourth-order valence-corrected chi connectivity index (χ4v) is 12.5. The molecule has 91 heavy (non-hydrogen) atoms. The number of hydrogen-bond acceptors (Lipinski definition) is 13. The zero-order valence-electron chi connectivity index (χ0n) is 58.1. The molecule has 2 saturated heterocycles. The van der Waals surface area contributed by atoms with Crippen molar-refractivity contribution < 1.29 is 64.6 Å². The summed E-state index contributed by atoms with van der Waals surface area (Å²) in [4.78, 5) is 13.4. The molecule has 9 N–H and O–H groups in total. The second-order valence-electron chi connectivity index (χ2n) is 26.8. The van der Waals surface area contributed by atoms with Gasteiger partial charge in [0.1, 0.15) is 48.8 Å². The van der Waals surface area contributed by atoms with Gasteiger partial charge in [-0.25, -0.2) is 0 Å². The SMILES string of the molecule is CC/C=C\C/C=C\C/C=C\C/C=C\C/C=C\CCCCCCCCCCCCCCCCCCCCCC(=O)NC(COC1OC(CO)C(OC2OC(CO)C(O)C(O)C2O)C(O)C1O)C(O)CCCCCCCCCCCCCCCCCCCCCCCC. The van der Waals surface area contributed by atoms with Gasteiger partial charge >= 0.3 is 0 Å². The minimum atomic E-state index is -1.78. The maximum Gasteiger partial charge on any atom is 0.220 e. The van der Waals surface area contributed by atoms with E-state index in [2.05, 4.69) is 79.9 Å². The standard InChI is InChI=1S/C77H141NO13/c1-3-5-7-9-11-13-15-17-19-21-23-25-27-28-29-30-31-32-33-34-35-36-37-38-39-41-43-45-47-49-51-53-55-57-59-61-69(82)78-65(64-88-76-74(87)72(85)75(68(63-80)90-76)91-77-73(86)71(84)70(83)67(62-79)89-77)66(81)60-58-56-54-52-50-48-46-44-42-40-26-24-22-20-18-16-14-12-10-8-6-4-2/h5,7,11,13,17,19,23,25,28-29,65-68,70-77,79-81,83-87H,3-4,6,8-10,12,14-16,18,20-22,24,26-27,30-64H2,1-2H3,(H,78,82)/b7-5-,13-11-,19-17-,25-23-,29-28-. The van der Waals surface area contributed by atoms with Crippen LogP contribution in [-0.2, 0) is 23.7 Å². The molecule has 14 heteroatoms. The largest absolute Gasteiger partial charge is 0.394 e. The van der Waals surface area contributed by atoms with Crippen LogP contribution in [0.3, 0.4) is 0 Å². The third-order valence-corrected chi connectivity index (χ3v) is 18.5. The predicted octanol–water partition coefficient (Wildman–Crippen LogP) is 16.4. The fraction of sp³-hybridized carbons (Fsp3) is 0.857. The lowest BCUT2D eigenvalue weighted by molar-refractivity contribution is -0.359. The lowest BCUT2D eigenvalue weighted by atomic mass is 9.97. The molecule has 0 aliphatic carbocycles. The van der Waals surface area contributed by atoms with E-state index in [1.54, 1.807) is 0 Å². The number of ether oxygens (including phenoxy) is 4. The molecule has 0 bridgehead atoms. The van der Waals surface area contributed by atoms with E-state index in [0.717, 1.165) is 83.5 Å². The molecule has 0 saturated carbocycles. The molecule has 0 aromatic rings. The van der Waals surface area contributed by atoms with E-state index in [4.69, 9.17) is 18.9 Å². The van der Waals surface area contributed by atoms with Crippen LogP contribution in [0.5, 0.6) is 0 Å². The first-order valence-electron chi connectivity index (χ1n) is 38.0. The number of carbonyl (C=O) groups excluding carboxylic acids is 1. The highest BCUT2D eigenvalue weighted by atomic mass is 16.7. The summed E-state index contributed by atoms with van der Waals surface area (Å²) in [5.41, 5.74) is 0. The first-order valence-corrected chi connectivity index (χ1v) is 38.0. The number of hydrogen-bond donors (Lipinski definition) is 9. The molecule has 12 unspecified atom stereocenters. The molecular formula is C77H141NO13. The number of rotatable bonds is 63. The maximum absolute atomic E-state index is 13.4. The summed E-state index contributed by atoms with van der Waals surface area (Å²) in [6.45, 7) is 2.80. The molecule has 532 valence electrons. The Kier molecular flexibility index (Phi) is 57.1.